The predicted octanol–water partition coefficient (Wildman–Crippen LogP) is 4.91. The van der Waals surface area contributed by atoms with Crippen molar-refractivity contribution in [3.63, 3.8) is 0 Å². The van der Waals surface area contributed by atoms with Gasteiger partial charge in [-0.15, -0.1) is 11.6 Å². The average Bonchev–Trinajstić information content (AvgIpc) is 2.37. The number of halogens is 3. The number of hydrogen-bond donors (Lipinski definition) is 0. The zero-order valence-electron chi connectivity index (χ0n) is 9.50. The highest BCUT2D eigenvalue weighted by Crippen LogP contribution is 2.25. The highest BCUT2D eigenvalue weighted by atomic mass is 79.9. The first-order chi connectivity index (χ1) is 8.69. The van der Waals surface area contributed by atoms with Gasteiger partial charge in [0, 0.05) is 10.0 Å². The molecule has 2 rings (SSSR count). The summed E-state index contributed by atoms with van der Waals surface area (Å²) in [6.45, 7) is 0.323. The Morgan fingerprint density at radius 1 is 1.17 bits per heavy atom. The van der Waals surface area contributed by atoms with Crippen molar-refractivity contribution < 1.29 is 9.13 Å². The van der Waals surface area contributed by atoms with Gasteiger partial charge in [-0.05, 0) is 35.9 Å². The second-order valence-electron chi connectivity index (χ2n) is 3.80. The van der Waals surface area contributed by atoms with Crippen LogP contribution in [0.2, 0.25) is 0 Å². The van der Waals surface area contributed by atoms with Gasteiger partial charge in [-0.3, -0.25) is 0 Å². The SMILES string of the molecule is Fc1cccc(COc2ccc(Br)cc2CCl)c1. The van der Waals surface area contributed by atoms with Crippen molar-refractivity contribution in [2.45, 2.75) is 12.5 Å². The van der Waals surface area contributed by atoms with Crippen molar-refractivity contribution in [1.29, 1.82) is 0 Å². The maximum absolute atomic E-state index is 13.0. The number of benzene rings is 2. The first kappa shape index (κ1) is 13.4. The summed E-state index contributed by atoms with van der Waals surface area (Å²) in [4.78, 5) is 0. The summed E-state index contributed by atoms with van der Waals surface area (Å²) in [5.74, 6) is 0.833. The fraction of sp³-hybridized carbons (Fsp3) is 0.143. The molecule has 0 fully saturated rings. The normalized spacial score (nSPS) is 10.4. The predicted molar refractivity (Wildman–Crippen MR) is 74.4 cm³/mol. The number of rotatable bonds is 4. The van der Waals surface area contributed by atoms with E-state index in [2.05, 4.69) is 15.9 Å². The van der Waals surface area contributed by atoms with Gasteiger partial charge in [0.25, 0.3) is 0 Å². The molecule has 0 aliphatic heterocycles. The number of ether oxygens (including phenoxy) is 1. The minimum absolute atomic E-state index is 0.260. The largest absolute Gasteiger partial charge is 0.489 e. The highest BCUT2D eigenvalue weighted by Gasteiger charge is 2.04. The van der Waals surface area contributed by atoms with Crippen LogP contribution in [0.3, 0.4) is 0 Å². The Balaban J connectivity index is 2.10. The molecule has 0 saturated carbocycles. The van der Waals surface area contributed by atoms with Gasteiger partial charge in [0.05, 0.1) is 5.88 Å². The lowest BCUT2D eigenvalue weighted by molar-refractivity contribution is 0.303. The van der Waals surface area contributed by atoms with E-state index in [1.54, 1.807) is 6.07 Å². The van der Waals surface area contributed by atoms with E-state index in [1.807, 2.05) is 24.3 Å². The molecule has 0 bridgehead atoms. The summed E-state index contributed by atoms with van der Waals surface area (Å²) in [6.07, 6.45) is 0. The maximum Gasteiger partial charge on any atom is 0.124 e. The second kappa shape index (κ2) is 6.21. The Morgan fingerprint density at radius 2 is 2.00 bits per heavy atom. The molecule has 0 heterocycles. The second-order valence-corrected chi connectivity index (χ2v) is 4.99. The molecule has 1 nitrogen and oxygen atoms in total. The van der Waals surface area contributed by atoms with Crippen LogP contribution in [0.1, 0.15) is 11.1 Å². The highest BCUT2D eigenvalue weighted by molar-refractivity contribution is 9.10. The third-order valence-corrected chi connectivity index (χ3v) is 3.23. The van der Waals surface area contributed by atoms with Gasteiger partial charge in [0.2, 0.25) is 0 Å². The smallest absolute Gasteiger partial charge is 0.124 e. The Labute approximate surface area is 119 Å². The fourth-order valence-corrected chi connectivity index (χ4v) is 2.20. The summed E-state index contributed by atoms with van der Waals surface area (Å²) in [6, 6.07) is 12.0. The zero-order chi connectivity index (χ0) is 13.0. The van der Waals surface area contributed by atoms with Gasteiger partial charge < -0.3 is 4.74 Å². The van der Waals surface area contributed by atoms with Crippen LogP contribution in [-0.2, 0) is 12.5 Å². The molecule has 94 valence electrons. The van der Waals surface area contributed by atoms with Gasteiger partial charge in [-0.2, -0.15) is 0 Å². The minimum atomic E-state index is -0.260. The van der Waals surface area contributed by atoms with E-state index < -0.39 is 0 Å². The van der Waals surface area contributed by atoms with E-state index in [4.69, 9.17) is 16.3 Å². The van der Waals surface area contributed by atoms with Crippen LogP contribution >= 0.6 is 27.5 Å². The van der Waals surface area contributed by atoms with E-state index in [9.17, 15) is 4.39 Å². The molecule has 2 aromatic carbocycles. The van der Waals surface area contributed by atoms with Crippen LogP contribution in [0.15, 0.2) is 46.9 Å². The van der Waals surface area contributed by atoms with E-state index >= 15 is 0 Å². The van der Waals surface area contributed by atoms with Crippen LogP contribution in [0.4, 0.5) is 4.39 Å². The lowest BCUT2D eigenvalue weighted by atomic mass is 10.2. The van der Waals surface area contributed by atoms with E-state index in [-0.39, 0.29) is 5.82 Å². The zero-order valence-corrected chi connectivity index (χ0v) is 11.8. The molecule has 2 aromatic rings. The molecule has 0 aliphatic rings. The molecule has 0 spiro atoms. The molecule has 4 heteroatoms. The molecule has 0 atom stereocenters. The van der Waals surface area contributed by atoms with Crippen LogP contribution in [0, 0.1) is 5.82 Å². The topological polar surface area (TPSA) is 9.23 Å². The van der Waals surface area contributed by atoms with Crippen molar-refractivity contribution >= 4 is 27.5 Å². The lowest BCUT2D eigenvalue weighted by Crippen LogP contribution is -1.98. The standard InChI is InChI=1S/C14H11BrClFO/c15-12-4-5-14(11(7-12)8-16)18-9-10-2-1-3-13(17)6-10/h1-7H,8-9H2. The molecule has 0 radical (unpaired) electrons. The molecule has 0 saturated heterocycles. The van der Waals surface area contributed by atoms with E-state index in [0.29, 0.717) is 12.5 Å². The molecule has 0 amide bonds. The summed E-state index contributed by atoms with van der Waals surface area (Å²) in [5.41, 5.74) is 1.70. The van der Waals surface area contributed by atoms with Crippen LogP contribution in [0.25, 0.3) is 0 Å². The summed E-state index contributed by atoms with van der Waals surface area (Å²) in [7, 11) is 0. The number of alkyl halides is 1. The van der Waals surface area contributed by atoms with Crippen molar-refractivity contribution in [3.8, 4) is 5.75 Å². The Bertz CT molecular complexity index is 545. The molecule has 18 heavy (non-hydrogen) atoms. The van der Waals surface area contributed by atoms with Gasteiger partial charge in [0.1, 0.15) is 18.2 Å². The molecular formula is C14H11BrClFO. The third-order valence-electron chi connectivity index (χ3n) is 2.45. The Hall–Kier alpha value is -1.06. The van der Waals surface area contributed by atoms with Gasteiger partial charge in [-0.25, -0.2) is 4.39 Å². The first-order valence-electron chi connectivity index (χ1n) is 5.40. The van der Waals surface area contributed by atoms with Crippen LogP contribution in [0.5, 0.6) is 5.75 Å². The van der Waals surface area contributed by atoms with Crippen LogP contribution < -0.4 is 4.74 Å². The molecule has 0 unspecified atom stereocenters. The fourth-order valence-electron chi connectivity index (χ4n) is 1.58. The van der Waals surface area contributed by atoms with Crippen molar-refractivity contribution in [3.05, 3.63) is 63.9 Å². The van der Waals surface area contributed by atoms with E-state index in [0.717, 1.165) is 21.3 Å². The molecule has 0 N–H and O–H groups in total. The average molecular weight is 330 g/mol. The van der Waals surface area contributed by atoms with Crippen molar-refractivity contribution in [2.75, 3.05) is 0 Å². The summed E-state index contributed by atoms with van der Waals surface area (Å²) in [5, 5.41) is 0. The van der Waals surface area contributed by atoms with Crippen molar-refractivity contribution in [2.24, 2.45) is 0 Å². The molecular weight excluding hydrogens is 319 g/mol. The minimum Gasteiger partial charge on any atom is -0.489 e. The summed E-state index contributed by atoms with van der Waals surface area (Å²) >= 11 is 9.23. The third kappa shape index (κ3) is 3.47. The Morgan fingerprint density at radius 3 is 2.72 bits per heavy atom. The maximum atomic E-state index is 13.0. The van der Waals surface area contributed by atoms with Gasteiger partial charge in [-0.1, -0.05) is 28.1 Å². The molecule has 0 aliphatic carbocycles. The van der Waals surface area contributed by atoms with Gasteiger partial charge >= 0.3 is 0 Å². The monoisotopic (exact) mass is 328 g/mol. The van der Waals surface area contributed by atoms with Gasteiger partial charge in [0.15, 0.2) is 0 Å². The van der Waals surface area contributed by atoms with Crippen LogP contribution in [-0.4, -0.2) is 0 Å². The van der Waals surface area contributed by atoms with Crippen molar-refractivity contribution in [1.82, 2.24) is 0 Å². The van der Waals surface area contributed by atoms with E-state index in [1.165, 1.54) is 12.1 Å². The lowest BCUT2D eigenvalue weighted by Gasteiger charge is -2.10. The number of hydrogen-bond acceptors (Lipinski definition) is 1. The molecule has 0 aromatic heterocycles. The Kier molecular flexibility index (Phi) is 4.61. The first-order valence-corrected chi connectivity index (χ1v) is 6.73. The quantitative estimate of drug-likeness (QED) is 0.725. The summed E-state index contributed by atoms with van der Waals surface area (Å²) < 4.78 is 19.6.